The smallest absolute Gasteiger partial charge is 0.108 e. The third-order valence-corrected chi connectivity index (χ3v) is 4.69. The fourth-order valence-corrected chi connectivity index (χ4v) is 4.12. The molecule has 2 aromatic carbocycles. The molecule has 2 aromatic rings. The van der Waals surface area contributed by atoms with Crippen LogP contribution in [0.4, 0.5) is 0 Å². The van der Waals surface area contributed by atoms with E-state index in [1.807, 2.05) is 0 Å². The molecule has 1 heterocycles. The number of halogens is 1. The van der Waals surface area contributed by atoms with Crippen LogP contribution in [0.25, 0.3) is 0 Å². The van der Waals surface area contributed by atoms with Gasteiger partial charge in [-0.1, -0.05) is 60.7 Å². The van der Waals surface area contributed by atoms with Crippen molar-refractivity contribution in [3.8, 4) is 0 Å². The number of hydrogen-bond donors (Lipinski definition) is 1. The average Bonchev–Trinajstić information content (AvgIpc) is 2.51. The van der Waals surface area contributed by atoms with E-state index in [4.69, 9.17) is 4.74 Å². The van der Waals surface area contributed by atoms with Crippen molar-refractivity contribution in [3.05, 3.63) is 71.8 Å². The maximum Gasteiger partial charge on any atom is 0.108 e. The minimum Gasteiger partial charge on any atom is -0.365 e. The van der Waals surface area contributed by atoms with Crippen molar-refractivity contribution in [1.82, 2.24) is 5.32 Å². The number of piperidine rings is 1. The van der Waals surface area contributed by atoms with Crippen molar-refractivity contribution in [3.63, 3.8) is 0 Å². The van der Waals surface area contributed by atoms with Crippen LogP contribution in [0.5, 0.6) is 0 Å². The Morgan fingerprint density at radius 3 is 1.60 bits per heavy atom. The van der Waals surface area contributed by atoms with Gasteiger partial charge >= 0.3 is 0 Å². The summed E-state index contributed by atoms with van der Waals surface area (Å²) in [5.74, 6) is 0. The fraction of sp³-hybridized carbons (Fsp3) is 0.455. The Kier molecular flexibility index (Phi) is 6.31. The standard InChI is InChI=1S/C22H29NO.ClH/c1-21(2)15-19(16-22(3,4)23-21)24-20(17-11-7-5-8-12-17)18-13-9-6-10-14-18;/h5-14,19-20,23H,15-16H2,1-4H3;1H. The second-order valence-corrected chi connectivity index (χ2v) is 8.26. The average molecular weight is 360 g/mol. The van der Waals surface area contributed by atoms with Gasteiger partial charge in [-0.15, -0.1) is 12.4 Å². The van der Waals surface area contributed by atoms with Gasteiger partial charge in [0.1, 0.15) is 6.10 Å². The zero-order valence-electron chi connectivity index (χ0n) is 15.7. The third kappa shape index (κ3) is 5.31. The molecule has 136 valence electrons. The normalized spacial score (nSPS) is 19.4. The molecule has 25 heavy (non-hydrogen) atoms. The molecule has 2 nitrogen and oxygen atoms in total. The Morgan fingerprint density at radius 1 is 0.800 bits per heavy atom. The first kappa shape index (κ1) is 20.0. The molecule has 0 amide bonds. The maximum absolute atomic E-state index is 6.69. The summed E-state index contributed by atoms with van der Waals surface area (Å²) in [6.45, 7) is 9.07. The molecule has 0 radical (unpaired) electrons. The van der Waals surface area contributed by atoms with Gasteiger partial charge < -0.3 is 10.1 Å². The zero-order chi connectivity index (χ0) is 17.2. The lowest BCUT2D eigenvalue weighted by molar-refractivity contribution is -0.0510. The molecule has 1 fully saturated rings. The highest BCUT2D eigenvalue weighted by atomic mass is 35.5. The minimum atomic E-state index is -0.0119. The minimum absolute atomic E-state index is 0. The van der Waals surface area contributed by atoms with Gasteiger partial charge in [-0.25, -0.2) is 0 Å². The summed E-state index contributed by atoms with van der Waals surface area (Å²) in [6.07, 6.45) is 2.27. The van der Waals surface area contributed by atoms with Crippen LogP contribution in [-0.4, -0.2) is 17.2 Å². The topological polar surface area (TPSA) is 21.3 Å². The predicted molar refractivity (Wildman–Crippen MR) is 107 cm³/mol. The molecular formula is C22H30ClNO. The molecule has 3 rings (SSSR count). The monoisotopic (exact) mass is 359 g/mol. The van der Waals surface area contributed by atoms with E-state index in [0.29, 0.717) is 0 Å². The third-order valence-electron chi connectivity index (χ3n) is 4.69. The SMILES string of the molecule is CC1(C)CC(OC(c2ccccc2)c2ccccc2)CC(C)(C)N1.Cl. The van der Waals surface area contributed by atoms with Crippen LogP contribution >= 0.6 is 12.4 Å². The Labute approximate surface area is 158 Å². The number of rotatable bonds is 4. The number of benzene rings is 2. The Hall–Kier alpha value is -1.35. The van der Waals surface area contributed by atoms with E-state index in [1.54, 1.807) is 0 Å². The summed E-state index contributed by atoms with van der Waals surface area (Å²) in [7, 11) is 0. The van der Waals surface area contributed by atoms with Gasteiger partial charge in [-0.05, 0) is 51.7 Å². The Balaban J connectivity index is 0.00000225. The summed E-state index contributed by atoms with van der Waals surface area (Å²) < 4.78 is 6.69. The number of ether oxygens (including phenoxy) is 1. The number of hydrogen-bond acceptors (Lipinski definition) is 2. The molecule has 0 atom stereocenters. The van der Waals surface area contributed by atoms with Crippen molar-refractivity contribution in [1.29, 1.82) is 0 Å². The Bertz CT molecular complexity index is 599. The van der Waals surface area contributed by atoms with Crippen LogP contribution < -0.4 is 5.32 Å². The van der Waals surface area contributed by atoms with Gasteiger partial charge in [0.2, 0.25) is 0 Å². The van der Waals surface area contributed by atoms with Crippen molar-refractivity contribution in [2.24, 2.45) is 0 Å². The van der Waals surface area contributed by atoms with E-state index in [9.17, 15) is 0 Å². The van der Waals surface area contributed by atoms with E-state index in [0.717, 1.165) is 12.8 Å². The van der Waals surface area contributed by atoms with Crippen molar-refractivity contribution >= 4 is 12.4 Å². The largest absolute Gasteiger partial charge is 0.365 e. The highest BCUT2D eigenvalue weighted by Crippen LogP contribution is 2.35. The first-order chi connectivity index (χ1) is 11.3. The van der Waals surface area contributed by atoms with Gasteiger partial charge in [0.25, 0.3) is 0 Å². The zero-order valence-corrected chi connectivity index (χ0v) is 16.5. The molecule has 0 bridgehead atoms. The molecule has 0 aromatic heterocycles. The summed E-state index contributed by atoms with van der Waals surface area (Å²) in [5, 5.41) is 3.73. The van der Waals surface area contributed by atoms with Crippen LogP contribution in [-0.2, 0) is 4.74 Å². The molecule has 0 aliphatic carbocycles. The molecule has 1 N–H and O–H groups in total. The van der Waals surface area contributed by atoms with Crippen molar-refractivity contribution in [2.45, 2.75) is 63.8 Å². The van der Waals surface area contributed by atoms with Gasteiger partial charge in [-0.3, -0.25) is 0 Å². The highest BCUT2D eigenvalue weighted by Gasteiger charge is 2.39. The van der Waals surface area contributed by atoms with Crippen molar-refractivity contribution in [2.75, 3.05) is 0 Å². The number of nitrogens with one attached hydrogen (secondary N) is 1. The molecule has 1 aliphatic rings. The highest BCUT2D eigenvalue weighted by molar-refractivity contribution is 5.85. The maximum atomic E-state index is 6.69. The van der Waals surface area contributed by atoms with E-state index in [1.165, 1.54) is 11.1 Å². The van der Waals surface area contributed by atoms with Crippen LogP contribution in [0.2, 0.25) is 0 Å². The fourth-order valence-electron chi connectivity index (χ4n) is 4.12. The molecule has 0 spiro atoms. The molecule has 1 saturated heterocycles. The predicted octanol–water partition coefficient (Wildman–Crippen LogP) is 5.52. The van der Waals surface area contributed by atoms with E-state index < -0.39 is 0 Å². The van der Waals surface area contributed by atoms with Gasteiger partial charge in [0.15, 0.2) is 0 Å². The van der Waals surface area contributed by atoms with Gasteiger partial charge in [-0.2, -0.15) is 0 Å². The van der Waals surface area contributed by atoms with Crippen LogP contribution in [0.15, 0.2) is 60.7 Å². The summed E-state index contributed by atoms with van der Waals surface area (Å²) in [5.41, 5.74) is 2.62. The summed E-state index contributed by atoms with van der Waals surface area (Å²) >= 11 is 0. The molecule has 1 aliphatic heterocycles. The Morgan fingerprint density at radius 2 is 1.20 bits per heavy atom. The van der Waals surface area contributed by atoms with Crippen molar-refractivity contribution < 1.29 is 4.74 Å². The quantitative estimate of drug-likeness (QED) is 0.775. The van der Waals surface area contributed by atoms with E-state index >= 15 is 0 Å². The van der Waals surface area contributed by atoms with Crippen LogP contribution in [0.1, 0.15) is 57.8 Å². The molecule has 0 unspecified atom stereocenters. The second-order valence-electron chi connectivity index (χ2n) is 8.26. The molecule has 3 heteroatoms. The van der Waals surface area contributed by atoms with Crippen LogP contribution in [0.3, 0.4) is 0 Å². The molecular weight excluding hydrogens is 330 g/mol. The second kappa shape index (κ2) is 7.90. The van der Waals surface area contributed by atoms with Gasteiger partial charge in [0.05, 0.1) is 6.10 Å². The molecule has 0 saturated carbocycles. The first-order valence-corrected chi connectivity index (χ1v) is 8.89. The van der Waals surface area contributed by atoms with E-state index in [2.05, 4.69) is 93.7 Å². The lowest BCUT2D eigenvalue weighted by Crippen LogP contribution is -2.59. The lowest BCUT2D eigenvalue weighted by Gasteiger charge is -2.47. The first-order valence-electron chi connectivity index (χ1n) is 8.89. The van der Waals surface area contributed by atoms with E-state index in [-0.39, 0.29) is 35.7 Å². The summed E-state index contributed by atoms with van der Waals surface area (Å²) in [4.78, 5) is 0. The summed E-state index contributed by atoms with van der Waals surface area (Å²) in [6, 6.07) is 21.1. The lowest BCUT2D eigenvalue weighted by atomic mass is 9.81. The van der Waals surface area contributed by atoms with Crippen LogP contribution in [0, 0.1) is 0 Å². The van der Waals surface area contributed by atoms with Gasteiger partial charge in [0, 0.05) is 11.1 Å².